The fraction of sp³-hybridized carbons (Fsp3) is 0.121. The van der Waals surface area contributed by atoms with Crippen LogP contribution in [0.1, 0.15) is 43.9 Å². The zero-order valence-corrected chi connectivity index (χ0v) is 24.3. The number of halogens is 2. The zero-order chi connectivity index (χ0) is 26.6. The highest BCUT2D eigenvalue weighted by Gasteiger charge is 2.16. The first-order valence-electron chi connectivity index (χ1n) is 12.3. The molecule has 2 heterocycles. The summed E-state index contributed by atoms with van der Waals surface area (Å²) in [4.78, 5) is 11.3. The van der Waals surface area contributed by atoms with E-state index in [-0.39, 0.29) is 0 Å². The number of furan rings is 2. The van der Waals surface area contributed by atoms with Gasteiger partial charge in [0.15, 0.2) is 12.0 Å². The topological polar surface area (TPSA) is 43.4 Å². The molecule has 0 fully saturated rings. The molecule has 6 rings (SSSR count). The SMILES string of the molecule is Cc1cc(Br)c2oc(C=O)c(Cc3ccccc3)c2c1.Cc1cc(Br)c2occ(Cc3ccccc3)c2c1. The van der Waals surface area contributed by atoms with Gasteiger partial charge in [-0.1, -0.05) is 60.7 Å². The van der Waals surface area contributed by atoms with E-state index in [0.717, 1.165) is 54.9 Å². The van der Waals surface area contributed by atoms with Gasteiger partial charge in [0.1, 0.15) is 11.2 Å². The quantitative estimate of drug-likeness (QED) is 0.178. The molecule has 0 amide bonds. The summed E-state index contributed by atoms with van der Waals surface area (Å²) in [6, 6.07) is 28.9. The molecule has 4 aromatic carbocycles. The van der Waals surface area contributed by atoms with Crippen molar-refractivity contribution in [2.24, 2.45) is 0 Å². The number of hydrogen-bond acceptors (Lipinski definition) is 3. The van der Waals surface area contributed by atoms with E-state index in [1.807, 2.05) is 43.5 Å². The van der Waals surface area contributed by atoms with Crippen LogP contribution in [-0.4, -0.2) is 6.29 Å². The molecule has 0 aliphatic carbocycles. The van der Waals surface area contributed by atoms with Crippen molar-refractivity contribution in [1.82, 2.24) is 0 Å². The lowest BCUT2D eigenvalue weighted by atomic mass is 10.0. The summed E-state index contributed by atoms with van der Waals surface area (Å²) in [5.41, 5.74) is 8.71. The third kappa shape index (κ3) is 5.69. The molecule has 190 valence electrons. The minimum absolute atomic E-state index is 0.412. The highest BCUT2D eigenvalue weighted by Crippen LogP contribution is 2.34. The van der Waals surface area contributed by atoms with Crippen LogP contribution in [0, 0.1) is 13.8 Å². The average molecular weight is 630 g/mol. The monoisotopic (exact) mass is 628 g/mol. The van der Waals surface area contributed by atoms with Gasteiger partial charge < -0.3 is 8.83 Å². The molecule has 0 atom stereocenters. The highest BCUT2D eigenvalue weighted by atomic mass is 79.9. The number of benzene rings is 4. The van der Waals surface area contributed by atoms with E-state index in [9.17, 15) is 4.79 Å². The smallest absolute Gasteiger partial charge is 0.185 e. The van der Waals surface area contributed by atoms with E-state index in [1.54, 1.807) is 0 Å². The molecular formula is C33H26Br2O3. The van der Waals surface area contributed by atoms with Gasteiger partial charge >= 0.3 is 0 Å². The predicted octanol–water partition coefficient (Wildman–Crippen LogP) is 10.0. The second-order valence-corrected chi connectivity index (χ2v) is 11.1. The molecule has 0 spiro atoms. The largest absolute Gasteiger partial charge is 0.463 e. The van der Waals surface area contributed by atoms with Crippen molar-refractivity contribution < 1.29 is 13.6 Å². The van der Waals surface area contributed by atoms with Crippen LogP contribution in [0.3, 0.4) is 0 Å². The lowest BCUT2D eigenvalue weighted by Crippen LogP contribution is -1.91. The second-order valence-electron chi connectivity index (χ2n) is 9.40. The summed E-state index contributed by atoms with van der Waals surface area (Å²) < 4.78 is 13.3. The van der Waals surface area contributed by atoms with E-state index in [0.29, 0.717) is 12.2 Å². The van der Waals surface area contributed by atoms with Gasteiger partial charge in [0.05, 0.1) is 15.2 Å². The van der Waals surface area contributed by atoms with E-state index in [4.69, 9.17) is 8.83 Å². The first kappa shape index (κ1) is 26.2. The molecule has 38 heavy (non-hydrogen) atoms. The van der Waals surface area contributed by atoms with Gasteiger partial charge in [-0.2, -0.15) is 0 Å². The Morgan fingerprint density at radius 1 is 0.711 bits per heavy atom. The lowest BCUT2D eigenvalue weighted by Gasteiger charge is -2.01. The van der Waals surface area contributed by atoms with Crippen molar-refractivity contribution in [1.29, 1.82) is 0 Å². The van der Waals surface area contributed by atoms with E-state index >= 15 is 0 Å². The first-order chi connectivity index (χ1) is 18.4. The summed E-state index contributed by atoms with van der Waals surface area (Å²) in [5, 5.41) is 2.20. The molecule has 0 saturated carbocycles. The normalized spacial score (nSPS) is 10.9. The van der Waals surface area contributed by atoms with E-state index < -0.39 is 0 Å². The second kappa shape index (κ2) is 11.5. The molecule has 3 nitrogen and oxygen atoms in total. The lowest BCUT2D eigenvalue weighted by molar-refractivity contribution is 0.110. The van der Waals surface area contributed by atoms with Crippen molar-refractivity contribution in [3.05, 3.63) is 139 Å². The first-order valence-corrected chi connectivity index (χ1v) is 13.9. The van der Waals surface area contributed by atoms with Gasteiger partial charge in [-0.05, 0) is 92.2 Å². The minimum Gasteiger partial charge on any atom is -0.463 e. The maximum Gasteiger partial charge on any atom is 0.185 e. The van der Waals surface area contributed by atoms with Crippen LogP contribution in [0.5, 0.6) is 0 Å². The fourth-order valence-electron chi connectivity index (χ4n) is 4.67. The van der Waals surface area contributed by atoms with Gasteiger partial charge in [0.25, 0.3) is 0 Å². The molecule has 0 saturated heterocycles. The van der Waals surface area contributed by atoms with Crippen LogP contribution in [-0.2, 0) is 12.8 Å². The molecule has 5 heteroatoms. The number of aryl methyl sites for hydroxylation is 2. The maximum absolute atomic E-state index is 11.3. The summed E-state index contributed by atoms with van der Waals surface area (Å²) in [6.07, 6.45) is 4.25. The van der Waals surface area contributed by atoms with Crippen LogP contribution >= 0.6 is 31.9 Å². The van der Waals surface area contributed by atoms with Crippen LogP contribution < -0.4 is 0 Å². The maximum atomic E-state index is 11.3. The molecular weight excluding hydrogens is 604 g/mol. The Morgan fingerprint density at radius 2 is 1.26 bits per heavy atom. The summed E-state index contributed by atoms with van der Waals surface area (Å²) in [5.74, 6) is 0.412. The van der Waals surface area contributed by atoms with Crippen LogP contribution in [0.4, 0.5) is 0 Å². The molecule has 0 aliphatic rings. The number of rotatable bonds is 5. The number of hydrogen-bond donors (Lipinski definition) is 0. The number of carbonyl (C=O) groups excluding carboxylic acids is 1. The fourth-order valence-corrected chi connectivity index (χ4v) is 6.00. The molecule has 0 aliphatic heterocycles. The van der Waals surface area contributed by atoms with Gasteiger partial charge in [-0.25, -0.2) is 0 Å². The molecule has 2 aromatic heterocycles. The van der Waals surface area contributed by atoms with Crippen LogP contribution in [0.2, 0.25) is 0 Å². The predicted molar refractivity (Wildman–Crippen MR) is 161 cm³/mol. The Hall–Kier alpha value is -3.41. The van der Waals surface area contributed by atoms with Crippen molar-refractivity contribution in [3.8, 4) is 0 Å². The Labute approximate surface area is 238 Å². The van der Waals surface area contributed by atoms with Gasteiger partial charge in [0.2, 0.25) is 0 Å². The Kier molecular flexibility index (Phi) is 7.96. The van der Waals surface area contributed by atoms with E-state index in [1.165, 1.54) is 22.1 Å². The summed E-state index contributed by atoms with van der Waals surface area (Å²) >= 11 is 7.05. The Balaban J connectivity index is 0.000000156. The summed E-state index contributed by atoms with van der Waals surface area (Å²) in [6.45, 7) is 4.13. The van der Waals surface area contributed by atoms with Crippen molar-refractivity contribution >= 4 is 60.1 Å². The van der Waals surface area contributed by atoms with Crippen LogP contribution in [0.15, 0.2) is 109 Å². The Morgan fingerprint density at radius 3 is 1.87 bits per heavy atom. The van der Waals surface area contributed by atoms with Crippen molar-refractivity contribution in [2.45, 2.75) is 26.7 Å². The Bertz CT molecular complexity index is 1710. The van der Waals surface area contributed by atoms with Gasteiger partial charge in [-0.3, -0.25) is 4.79 Å². The zero-order valence-electron chi connectivity index (χ0n) is 21.1. The standard InChI is InChI=1S/C17H13BrO2.C16H13BrO/c1-11-7-14-13(9-12-5-3-2-4-6-12)16(10-19)20-17(14)15(18)8-11;1-11-7-14-13(9-12-5-3-2-4-6-12)10-18-16(14)15(17)8-11/h2-8,10H,9H2,1H3;2-8,10H,9H2,1H3. The van der Waals surface area contributed by atoms with E-state index in [2.05, 4.69) is 93.4 Å². The minimum atomic E-state index is 0.412. The molecule has 0 radical (unpaired) electrons. The average Bonchev–Trinajstić information content (AvgIpc) is 3.47. The molecule has 6 aromatic rings. The van der Waals surface area contributed by atoms with Gasteiger partial charge in [-0.15, -0.1) is 0 Å². The summed E-state index contributed by atoms with van der Waals surface area (Å²) in [7, 11) is 0. The molecule has 0 bridgehead atoms. The van der Waals surface area contributed by atoms with Crippen molar-refractivity contribution in [3.63, 3.8) is 0 Å². The van der Waals surface area contributed by atoms with Gasteiger partial charge in [0, 0.05) is 34.7 Å². The molecule has 0 unspecified atom stereocenters. The molecule has 0 N–H and O–H groups in total. The van der Waals surface area contributed by atoms with Crippen LogP contribution in [0.25, 0.3) is 21.9 Å². The number of carbonyl (C=O) groups is 1. The third-order valence-electron chi connectivity index (χ3n) is 6.44. The highest BCUT2D eigenvalue weighted by molar-refractivity contribution is 9.11. The number of fused-ring (bicyclic) bond motifs is 2. The number of aldehydes is 1. The third-order valence-corrected chi connectivity index (χ3v) is 7.62. The van der Waals surface area contributed by atoms with Crippen molar-refractivity contribution in [2.75, 3.05) is 0 Å².